The maximum absolute atomic E-state index is 3.57. The van der Waals surface area contributed by atoms with Crippen molar-refractivity contribution >= 4 is 0 Å². The minimum absolute atomic E-state index is 0.694. The van der Waals surface area contributed by atoms with Crippen molar-refractivity contribution in [2.24, 2.45) is 5.92 Å². The van der Waals surface area contributed by atoms with Gasteiger partial charge in [0.2, 0.25) is 0 Å². The number of piperidine rings is 1. The molecule has 2 nitrogen and oxygen atoms in total. The van der Waals surface area contributed by atoms with Crippen LogP contribution < -0.4 is 10.6 Å². The van der Waals surface area contributed by atoms with E-state index in [2.05, 4.69) is 24.5 Å². The van der Waals surface area contributed by atoms with Crippen LogP contribution in [0.1, 0.15) is 33.1 Å². The van der Waals surface area contributed by atoms with Gasteiger partial charge >= 0.3 is 0 Å². The molecule has 0 spiro atoms. The summed E-state index contributed by atoms with van der Waals surface area (Å²) in [6.07, 6.45) is 3.94. The van der Waals surface area contributed by atoms with Gasteiger partial charge in [-0.3, -0.25) is 0 Å². The molecule has 2 N–H and O–H groups in total. The Morgan fingerprint density at radius 3 is 2.67 bits per heavy atom. The summed E-state index contributed by atoms with van der Waals surface area (Å²) in [5, 5.41) is 6.96. The van der Waals surface area contributed by atoms with Crippen LogP contribution in [0.3, 0.4) is 0 Å². The second-order valence-corrected chi connectivity index (χ2v) is 3.91. The molecule has 0 aromatic rings. The van der Waals surface area contributed by atoms with Gasteiger partial charge in [0.1, 0.15) is 0 Å². The van der Waals surface area contributed by atoms with Crippen LogP contribution in [-0.2, 0) is 0 Å². The summed E-state index contributed by atoms with van der Waals surface area (Å²) in [7, 11) is 0. The average molecular weight is 170 g/mol. The number of rotatable bonds is 4. The first-order valence-corrected chi connectivity index (χ1v) is 5.27. The van der Waals surface area contributed by atoms with Gasteiger partial charge < -0.3 is 10.6 Å². The molecule has 0 aromatic carbocycles. The maximum Gasteiger partial charge on any atom is 0.00362 e. The van der Waals surface area contributed by atoms with Gasteiger partial charge in [0.05, 0.1) is 0 Å². The second-order valence-electron chi connectivity index (χ2n) is 3.91. The van der Waals surface area contributed by atoms with Crippen molar-refractivity contribution in [3.63, 3.8) is 0 Å². The van der Waals surface area contributed by atoms with Gasteiger partial charge in [-0.05, 0) is 51.7 Å². The van der Waals surface area contributed by atoms with Crippen molar-refractivity contribution in [3.05, 3.63) is 0 Å². The smallest absolute Gasteiger partial charge is 0.00362 e. The molecule has 1 aliphatic rings. The van der Waals surface area contributed by atoms with Crippen LogP contribution in [0.2, 0.25) is 0 Å². The van der Waals surface area contributed by atoms with Crippen LogP contribution in [0.25, 0.3) is 0 Å². The van der Waals surface area contributed by atoms with Crippen molar-refractivity contribution in [1.82, 2.24) is 10.6 Å². The summed E-state index contributed by atoms with van der Waals surface area (Å²) in [6, 6.07) is 0.694. The van der Waals surface area contributed by atoms with Crippen LogP contribution in [0.15, 0.2) is 0 Å². The predicted octanol–water partition coefficient (Wildman–Crippen LogP) is 1.37. The van der Waals surface area contributed by atoms with Crippen LogP contribution in [-0.4, -0.2) is 25.7 Å². The molecule has 0 radical (unpaired) electrons. The van der Waals surface area contributed by atoms with Crippen LogP contribution in [0, 0.1) is 5.92 Å². The third kappa shape index (κ3) is 3.55. The van der Waals surface area contributed by atoms with Crippen molar-refractivity contribution in [3.8, 4) is 0 Å². The molecule has 0 saturated carbocycles. The number of nitrogens with one attached hydrogen (secondary N) is 2. The van der Waals surface area contributed by atoms with Gasteiger partial charge in [-0.15, -0.1) is 0 Å². The normalized spacial score (nSPS) is 22.5. The molecule has 12 heavy (non-hydrogen) atoms. The highest BCUT2D eigenvalue weighted by atomic mass is 14.9. The SMILES string of the molecule is CCC(C)NCC1CCNCC1. The lowest BCUT2D eigenvalue weighted by Gasteiger charge is -2.24. The Balaban J connectivity index is 2.05. The minimum Gasteiger partial charge on any atom is -0.317 e. The average Bonchev–Trinajstić information content (AvgIpc) is 2.16. The molecule has 1 fully saturated rings. The van der Waals surface area contributed by atoms with Crippen LogP contribution >= 0.6 is 0 Å². The van der Waals surface area contributed by atoms with Crippen LogP contribution in [0.5, 0.6) is 0 Å². The third-order valence-corrected chi connectivity index (χ3v) is 2.83. The van der Waals surface area contributed by atoms with Crippen molar-refractivity contribution in [2.45, 2.75) is 39.2 Å². The fourth-order valence-corrected chi connectivity index (χ4v) is 1.60. The summed E-state index contributed by atoms with van der Waals surface area (Å²) in [5.74, 6) is 0.917. The zero-order valence-corrected chi connectivity index (χ0v) is 8.40. The van der Waals surface area contributed by atoms with E-state index in [4.69, 9.17) is 0 Å². The van der Waals surface area contributed by atoms with Crippen molar-refractivity contribution in [2.75, 3.05) is 19.6 Å². The molecular formula is C10H22N2. The van der Waals surface area contributed by atoms with Gasteiger partial charge in [-0.25, -0.2) is 0 Å². The fourth-order valence-electron chi connectivity index (χ4n) is 1.60. The summed E-state index contributed by atoms with van der Waals surface area (Å²) >= 11 is 0. The lowest BCUT2D eigenvalue weighted by molar-refractivity contribution is 0.341. The molecule has 2 heteroatoms. The first-order valence-electron chi connectivity index (χ1n) is 5.27. The molecule has 0 aliphatic carbocycles. The lowest BCUT2D eigenvalue weighted by atomic mass is 9.98. The molecule has 0 amide bonds. The molecular weight excluding hydrogens is 148 g/mol. The van der Waals surface area contributed by atoms with Gasteiger partial charge in [-0.1, -0.05) is 6.92 Å². The Morgan fingerprint density at radius 2 is 2.08 bits per heavy atom. The van der Waals surface area contributed by atoms with E-state index >= 15 is 0 Å². The summed E-state index contributed by atoms with van der Waals surface area (Å²) < 4.78 is 0. The molecule has 1 saturated heterocycles. The zero-order chi connectivity index (χ0) is 8.81. The van der Waals surface area contributed by atoms with Gasteiger partial charge in [-0.2, -0.15) is 0 Å². The van der Waals surface area contributed by atoms with E-state index in [1.165, 1.54) is 38.9 Å². The molecule has 1 atom stereocenters. The quantitative estimate of drug-likeness (QED) is 0.666. The molecule has 0 aromatic heterocycles. The molecule has 1 aliphatic heterocycles. The highest BCUT2D eigenvalue weighted by molar-refractivity contribution is 4.71. The largest absolute Gasteiger partial charge is 0.317 e. The summed E-state index contributed by atoms with van der Waals surface area (Å²) in [4.78, 5) is 0. The lowest BCUT2D eigenvalue weighted by Crippen LogP contribution is -2.36. The molecule has 72 valence electrons. The number of hydrogen-bond donors (Lipinski definition) is 2. The monoisotopic (exact) mass is 170 g/mol. The van der Waals surface area contributed by atoms with Crippen molar-refractivity contribution in [1.29, 1.82) is 0 Å². The first kappa shape index (κ1) is 10.0. The van der Waals surface area contributed by atoms with E-state index in [1.54, 1.807) is 0 Å². The van der Waals surface area contributed by atoms with Crippen molar-refractivity contribution < 1.29 is 0 Å². The Morgan fingerprint density at radius 1 is 1.42 bits per heavy atom. The molecule has 0 bridgehead atoms. The maximum atomic E-state index is 3.57. The highest BCUT2D eigenvalue weighted by Gasteiger charge is 2.12. The van der Waals surface area contributed by atoms with E-state index in [-0.39, 0.29) is 0 Å². The first-order chi connectivity index (χ1) is 5.83. The number of hydrogen-bond acceptors (Lipinski definition) is 2. The van der Waals surface area contributed by atoms with Gasteiger partial charge in [0.25, 0.3) is 0 Å². The Hall–Kier alpha value is -0.0800. The van der Waals surface area contributed by atoms with Crippen LogP contribution in [0.4, 0.5) is 0 Å². The zero-order valence-electron chi connectivity index (χ0n) is 8.40. The predicted molar refractivity (Wildman–Crippen MR) is 53.3 cm³/mol. The molecule has 1 heterocycles. The summed E-state index contributed by atoms with van der Waals surface area (Å²) in [6.45, 7) is 8.15. The van der Waals surface area contributed by atoms with E-state index in [0.29, 0.717) is 6.04 Å². The minimum atomic E-state index is 0.694. The standard InChI is InChI=1S/C10H22N2/c1-3-9(2)12-8-10-4-6-11-7-5-10/h9-12H,3-8H2,1-2H3. The Labute approximate surface area is 76.1 Å². The van der Waals surface area contributed by atoms with E-state index in [9.17, 15) is 0 Å². The third-order valence-electron chi connectivity index (χ3n) is 2.83. The highest BCUT2D eigenvalue weighted by Crippen LogP contribution is 2.10. The van der Waals surface area contributed by atoms with Gasteiger partial charge in [0, 0.05) is 6.04 Å². The van der Waals surface area contributed by atoms with E-state index in [1.807, 2.05) is 0 Å². The van der Waals surface area contributed by atoms with E-state index in [0.717, 1.165) is 5.92 Å². The second kappa shape index (κ2) is 5.55. The molecule has 1 rings (SSSR count). The molecule has 1 unspecified atom stereocenters. The Bertz CT molecular complexity index is 108. The topological polar surface area (TPSA) is 24.1 Å². The van der Waals surface area contributed by atoms with Gasteiger partial charge in [0.15, 0.2) is 0 Å². The fraction of sp³-hybridized carbons (Fsp3) is 1.00. The Kier molecular flexibility index (Phi) is 4.62. The van der Waals surface area contributed by atoms with E-state index < -0.39 is 0 Å². The summed E-state index contributed by atoms with van der Waals surface area (Å²) in [5.41, 5.74) is 0.